The first-order chi connectivity index (χ1) is 10.8. The van der Waals surface area contributed by atoms with E-state index in [0.717, 1.165) is 25.1 Å². The van der Waals surface area contributed by atoms with Crippen LogP contribution in [-0.2, 0) is 17.8 Å². The second kappa shape index (κ2) is 9.00. The molecule has 2 aromatic rings. The summed E-state index contributed by atoms with van der Waals surface area (Å²) in [6.45, 7) is 2.30. The minimum Gasteiger partial charge on any atom is -0.341 e. The summed E-state index contributed by atoms with van der Waals surface area (Å²) in [5.41, 5.74) is 2.48. The molecule has 0 aromatic heterocycles. The maximum Gasteiger partial charge on any atom is 0.223 e. The van der Waals surface area contributed by atoms with Crippen molar-refractivity contribution in [3.8, 4) is 0 Å². The van der Waals surface area contributed by atoms with Gasteiger partial charge >= 0.3 is 0 Å². The van der Waals surface area contributed by atoms with Crippen molar-refractivity contribution in [2.45, 2.75) is 19.4 Å². The summed E-state index contributed by atoms with van der Waals surface area (Å²) in [5.74, 6) is 0.177. The highest BCUT2D eigenvalue weighted by molar-refractivity contribution is 5.76. The third-order valence-corrected chi connectivity index (χ3v) is 3.64. The average molecular weight is 296 g/mol. The van der Waals surface area contributed by atoms with Gasteiger partial charge in [-0.3, -0.25) is 4.79 Å². The molecule has 0 saturated carbocycles. The van der Waals surface area contributed by atoms with Crippen LogP contribution in [0.5, 0.6) is 0 Å². The van der Waals surface area contributed by atoms with Crippen LogP contribution in [0.3, 0.4) is 0 Å². The molecule has 0 saturated heterocycles. The first-order valence-corrected chi connectivity index (χ1v) is 7.78. The van der Waals surface area contributed by atoms with E-state index >= 15 is 0 Å². The van der Waals surface area contributed by atoms with E-state index in [1.54, 1.807) is 4.90 Å². The highest BCUT2D eigenvalue weighted by Crippen LogP contribution is 2.03. The second-order valence-electron chi connectivity index (χ2n) is 5.47. The maximum absolute atomic E-state index is 12.1. The van der Waals surface area contributed by atoms with Gasteiger partial charge in [0.15, 0.2) is 0 Å². The lowest BCUT2D eigenvalue weighted by Gasteiger charge is -2.17. The SMILES string of the molecule is CN(Cc1ccccc1)C(=O)CCNCCc1ccccc1. The van der Waals surface area contributed by atoms with E-state index in [0.29, 0.717) is 13.0 Å². The Morgan fingerprint density at radius 2 is 1.50 bits per heavy atom. The fourth-order valence-corrected chi connectivity index (χ4v) is 2.33. The second-order valence-corrected chi connectivity index (χ2v) is 5.47. The number of hydrogen-bond acceptors (Lipinski definition) is 2. The van der Waals surface area contributed by atoms with Gasteiger partial charge in [0.2, 0.25) is 5.91 Å². The first kappa shape index (κ1) is 16.2. The van der Waals surface area contributed by atoms with Gasteiger partial charge in [-0.05, 0) is 24.1 Å². The minimum absolute atomic E-state index is 0.177. The number of carbonyl (C=O) groups excluding carboxylic acids is 1. The van der Waals surface area contributed by atoms with E-state index in [1.165, 1.54) is 5.56 Å². The summed E-state index contributed by atoms with van der Waals surface area (Å²) in [7, 11) is 1.86. The third kappa shape index (κ3) is 5.70. The summed E-state index contributed by atoms with van der Waals surface area (Å²) in [6, 6.07) is 20.5. The molecule has 0 aliphatic heterocycles. The molecule has 0 spiro atoms. The Hall–Kier alpha value is -2.13. The fourth-order valence-electron chi connectivity index (χ4n) is 2.33. The van der Waals surface area contributed by atoms with Crippen LogP contribution in [0.1, 0.15) is 17.5 Å². The van der Waals surface area contributed by atoms with Gasteiger partial charge in [0.05, 0.1) is 0 Å². The van der Waals surface area contributed by atoms with Crippen molar-refractivity contribution >= 4 is 5.91 Å². The average Bonchev–Trinajstić information content (AvgIpc) is 2.56. The Morgan fingerprint density at radius 3 is 2.14 bits per heavy atom. The van der Waals surface area contributed by atoms with E-state index in [9.17, 15) is 4.79 Å². The van der Waals surface area contributed by atoms with Crippen LogP contribution in [0.25, 0.3) is 0 Å². The van der Waals surface area contributed by atoms with Crippen molar-refractivity contribution in [3.05, 3.63) is 71.8 Å². The van der Waals surface area contributed by atoms with E-state index in [2.05, 4.69) is 29.6 Å². The number of hydrogen-bond donors (Lipinski definition) is 1. The van der Waals surface area contributed by atoms with Crippen LogP contribution < -0.4 is 5.32 Å². The van der Waals surface area contributed by atoms with Crippen LogP contribution in [0, 0.1) is 0 Å². The molecule has 3 nitrogen and oxygen atoms in total. The van der Waals surface area contributed by atoms with Gasteiger partial charge in [-0.1, -0.05) is 60.7 Å². The number of benzene rings is 2. The Balaban J connectivity index is 1.61. The summed E-state index contributed by atoms with van der Waals surface area (Å²) in [4.78, 5) is 13.9. The number of carbonyl (C=O) groups is 1. The van der Waals surface area contributed by atoms with Crippen molar-refractivity contribution in [2.75, 3.05) is 20.1 Å². The molecular weight excluding hydrogens is 272 g/mol. The highest BCUT2D eigenvalue weighted by atomic mass is 16.2. The molecule has 0 bridgehead atoms. The number of nitrogens with one attached hydrogen (secondary N) is 1. The lowest BCUT2D eigenvalue weighted by molar-refractivity contribution is -0.130. The van der Waals surface area contributed by atoms with Crippen molar-refractivity contribution in [3.63, 3.8) is 0 Å². The molecule has 0 aliphatic rings. The zero-order valence-electron chi connectivity index (χ0n) is 13.2. The van der Waals surface area contributed by atoms with Gasteiger partial charge in [0.25, 0.3) is 0 Å². The molecule has 0 radical (unpaired) electrons. The predicted octanol–water partition coefficient (Wildman–Crippen LogP) is 2.87. The molecule has 0 atom stereocenters. The molecule has 0 heterocycles. The Kier molecular flexibility index (Phi) is 6.65. The lowest BCUT2D eigenvalue weighted by Crippen LogP contribution is -2.30. The molecule has 0 unspecified atom stereocenters. The first-order valence-electron chi connectivity index (χ1n) is 7.78. The standard InChI is InChI=1S/C19H24N2O/c1-21(16-18-10-6-3-7-11-18)19(22)13-15-20-14-12-17-8-4-2-5-9-17/h2-11,20H,12-16H2,1H3. The molecular formula is C19H24N2O. The van der Waals surface area contributed by atoms with Crippen molar-refractivity contribution in [1.82, 2.24) is 10.2 Å². The molecule has 1 amide bonds. The van der Waals surface area contributed by atoms with Gasteiger partial charge in [-0.15, -0.1) is 0 Å². The quantitative estimate of drug-likeness (QED) is 0.760. The van der Waals surface area contributed by atoms with Crippen molar-refractivity contribution < 1.29 is 4.79 Å². The van der Waals surface area contributed by atoms with E-state index < -0.39 is 0 Å². The van der Waals surface area contributed by atoms with Crippen LogP contribution in [-0.4, -0.2) is 30.9 Å². The fraction of sp³-hybridized carbons (Fsp3) is 0.316. The maximum atomic E-state index is 12.1. The lowest BCUT2D eigenvalue weighted by atomic mass is 10.1. The van der Waals surface area contributed by atoms with Gasteiger partial charge in [-0.2, -0.15) is 0 Å². The molecule has 0 fully saturated rings. The number of amides is 1. The zero-order chi connectivity index (χ0) is 15.6. The zero-order valence-corrected chi connectivity index (χ0v) is 13.2. The van der Waals surface area contributed by atoms with Crippen molar-refractivity contribution in [2.24, 2.45) is 0 Å². The third-order valence-electron chi connectivity index (χ3n) is 3.64. The molecule has 116 valence electrons. The summed E-state index contributed by atoms with van der Waals surface area (Å²) in [5, 5.41) is 3.34. The summed E-state index contributed by atoms with van der Waals surface area (Å²) >= 11 is 0. The van der Waals surface area contributed by atoms with Crippen LogP contribution >= 0.6 is 0 Å². The highest BCUT2D eigenvalue weighted by Gasteiger charge is 2.08. The molecule has 3 heteroatoms. The van der Waals surface area contributed by atoms with Gasteiger partial charge in [0.1, 0.15) is 0 Å². The topological polar surface area (TPSA) is 32.3 Å². The predicted molar refractivity (Wildman–Crippen MR) is 90.5 cm³/mol. The van der Waals surface area contributed by atoms with Crippen molar-refractivity contribution in [1.29, 1.82) is 0 Å². The Morgan fingerprint density at radius 1 is 0.909 bits per heavy atom. The minimum atomic E-state index is 0.177. The van der Waals surface area contributed by atoms with E-state index in [4.69, 9.17) is 0 Å². The summed E-state index contributed by atoms with van der Waals surface area (Å²) < 4.78 is 0. The number of nitrogens with zero attached hydrogens (tertiary/aromatic N) is 1. The normalized spacial score (nSPS) is 10.4. The Labute approximate surface area is 133 Å². The van der Waals surface area contributed by atoms with E-state index in [1.807, 2.05) is 43.4 Å². The number of rotatable bonds is 8. The van der Waals surface area contributed by atoms with E-state index in [-0.39, 0.29) is 5.91 Å². The molecule has 0 aliphatic carbocycles. The molecule has 22 heavy (non-hydrogen) atoms. The molecule has 2 aromatic carbocycles. The van der Waals surface area contributed by atoms with Gasteiger partial charge in [-0.25, -0.2) is 0 Å². The Bertz CT molecular complexity index is 554. The van der Waals surface area contributed by atoms with Crippen LogP contribution in [0.2, 0.25) is 0 Å². The monoisotopic (exact) mass is 296 g/mol. The smallest absolute Gasteiger partial charge is 0.223 e. The largest absolute Gasteiger partial charge is 0.341 e. The van der Waals surface area contributed by atoms with Crippen LogP contribution in [0.4, 0.5) is 0 Å². The van der Waals surface area contributed by atoms with Gasteiger partial charge in [0, 0.05) is 26.6 Å². The summed E-state index contributed by atoms with van der Waals surface area (Å²) in [6.07, 6.45) is 1.53. The van der Waals surface area contributed by atoms with Gasteiger partial charge < -0.3 is 10.2 Å². The molecule has 1 N–H and O–H groups in total. The van der Waals surface area contributed by atoms with Crippen LogP contribution in [0.15, 0.2) is 60.7 Å². The molecule has 2 rings (SSSR count).